The van der Waals surface area contributed by atoms with Gasteiger partial charge in [-0.1, -0.05) is 133 Å². The monoisotopic (exact) mass is 744 g/mol. The van der Waals surface area contributed by atoms with Gasteiger partial charge < -0.3 is 9.52 Å². The molecule has 0 saturated carbocycles. The molecule has 0 aliphatic carbocycles. The van der Waals surface area contributed by atoms with Gasteiger partial charge in [0.25, 0.3) is 0 Å². The molecule has 6 heteroatoms. The minimum Gasteiger partial charge on any atom is -0.507 e. The lowest BCUT2D eigenvalue weighted by atomic mass is 9.78. The van der Waals surface area contributed by atoms with Crippen molar-refractivity contribution in [2.75, 3.05) is 4.90 Å². The number of hydrogen-bond donors (Lipinski definition) is 1. The molecule has 0 atom stereocenters. The molecule has 0 amide bonds. The van der Waals surface area contributed by atoms with Gasteiger partial charge in [0.05, 0.1) is 5.69 Å². The van der Waals surface area contributed by atoms with Crippen molar-refractivity contribution >= 4 is 50.0 Å². The molecule has 0 aliphatic heterocycles. The lowest BCUT2D eigenvalue weighted by Gasteiger charge is -2.27. The van der Waals surface area contributed by atoms with Gasteiger partial charge in [-0.3, -0.25) is 4.90 Å². The number of pyridine rings is 1. The molecule has 6 aromatic carbocycles. The van der Waals surface area contributed by atoms with Crippen LogP contribution in [0.25, 0.3) is 66.6 Å². The fraction of sp³-hybridized carbons (Fsp3) is 0.157. The number of phenolic OH excluding ortho intramolecular Hbond substituents is 1. The average molecular weight is 745 g/mol. The van der Waals surface area contributed by atoms with Crippen LogP contribution in [0.3, 0.4) is 0 Å². The fourth-order valence-electron chi connectivity index (χ4n) is 7.67. The Bertz CT molecular complexity index is 2930. The summed E-state index contributed by atoms with van der Waals surface area (Å²) in [7, 11) is 0. The number of anilines is 3. The highest BCUT2D eigenvalue weighted by Crippen LogP contribution is 2.46. The predicted molar refractivity (Wildman–Crippen MR) is 235 cm³/mol. The second-order valence-electron chi connectivity index (χ2n) is 16.7. The number of hydrogen-bond acceptors (Lipinski definition) is 6. The van der Waals surface area contributed by atoms with Gasteiger partial charge in [-0.15, -0.1) is 0 Å². The average Bonchev–Trinajstić information content (AvgIpc) is 3.59. The number of benzene rings is 6. The van der Waals surface area contributed by atoms with Crippen molar-refractivity contribution in [3.05, 3.63) is 163 Å². The van der Waals surface area contributed by atoms with Gasteiger partial charge >= 0.3 is 0 Å². The summed E-state index contributed by atoms with van der Waals surface area (Å²) in [6, 6.07) is 49.8. The molecule has 3 aromatic heterocycles. The van der Waals surface area contributed by atoms with Gasteiger partial charge in [0.2, 0.25) is 0 Å². The number of rotatable bonds is 6. The first kappa shape index (κ1) is 35.9. The smallest absolute Gasteiger partial charge is 0.180 e. The minimum atomic E-state index is -0.335. The van der Waals surface area contributed by atoms with E-state index in [2.05, 4.69) is 144 Å². The van der Waals surface area contributed by atoms with Crippen molar-refractivity contribution in [1.29, 1.82) is 0 Å². The summed E-state index contributed by atoms with van der Waals surface area (Å²) >= 11 is 0. The van der Waals surface area contributed by atoms with Gasteiger partial charge in [-0.2, -0.15) is 0 Å². The molecule has 0 unspecified atom stereocenters. The Kier molecular flexibility index (Phi) is 8.66. The van der Waals surface area contributed by atoms with Crippen molar-refractivity contribution in [3.63, 3.8) is 0 Å². The van der Waals surface area contributed by atoms with E-state index in [1.807, 2.05) is 54.7 Å². The third-order valence-corrected chi connectivity index (χ3v) is 10.7. The van der Waals surface area contributed by atoms with Crippen molar-refractivity contribution in [1.82, 2.24) is 15.0 Å². The highest BCUT2D eigenvalue weighted by atomic mass is 16.3. The van der Waals surface area contributed by atoms with Gasteiger partial charge in [0.15, 0.2) is 11.4 Å². The third-order valence-electron chi connectivity index (χ3n) is 10.7. The van der Waals surface area contributed by atoms with Gasteiger partial charge in [-0.25, -0.2) is 15.0 Å². The highest BCUT2D eigenvalue weighted by molar-refractivity contribution is 6.08. The summed E-state index contributed by atoms with van der Waals surface area (Å²) in [6.07, 6.45) is 1.83. The Hall–Kier alpha value is -6.79. The van der Waals surface area contributed by atoms with E-state index in [0.29, 0.717) is 33.8 Å². The normalized spacial score (nSPS) is 12.1. The van der Waals surface area contributed by atoms with E-state index >= 15 is 0 Å². The van der Waals surface area contributed by atoms with Crippen LogP contribution in [-0.2, 0) is 10.8 Å². The topological polar surface area (TPSA) is 75.3 Å². The maximum absolute atomic E-state index is 12.2. The lowest BCUT2D eigenvalue weighted by molar-refractivity contribution is 0.446. The van der Waals surface area contributed by atoms with Crippen molar-refractivity contribution in [2.24, 2.45) is 0 Å². The maximum atomic E-state index is 12.2. The Morgan fingerprint density at radius 1 is 0.596 bits per heavy atom. The quantitative estimate of drug-likeness (QED) is 0.183. The molecule has 9 aromatic rings. The SMILES string of the molecule is CC(C)(C)c1cc(-c2nc(-c3cc(-c4ccccc4)cc(N(c4ccccn4)c4cccc5ccccc45)c3)nc3c2oc2ccccc23)c(O)c(C(C)(C)C)c1. The van der Waals surface area contributed by atoms with Crippen molar-refractivity contribution in [2.45, 2.75) is 52.4 Å². The second-order valence-corrected chi connectivity index (χ2v) is 16.7. The molecular formula is C51H44N4O2. The molecule has 1 N–H and O–H groups in total. The second kappa shape index (κ2) is 13.7. The molecule has 0 bridgehead atoms. The van der Waals surface area contributed by atoms with Crippen LogP contribution in [0.5, 0.6) is 5.75 Å². The van der Waals surface area contributed by atoms with E-state index in [0.717, 1.165) is 61.2 Å². The molecule has 0 radical (unpaired) electrons. The number of aromatic nitrogens is 3. The molecule has 9 rings (SSSR count). The summed E-state index contributed by atoms with van der Waals surface area (Å²) < 4.78 is 6.59. The number of phenols is 1. The number of aromatic hydroxyl groups is 1. The van der Waals surface area contributed by atoms with Crippen molar-refractivity contribution in [3.8, 4) is 39.5 Å². The molecule has 57 heavy (non-hydrogen) atoms. The molecule has 3 heterocycles. The summed E-state index contributed by atoms with van der Waals surface area (Å²) in [5.41, 5.74) is 9.27. The minimum absolute atomic E-state index is 0.193. The Labute approximate surface area is 333 Å². The van der Waals surface area contributed by atoms with E-state index in [4.69, 9.17) is 19.4 Å². The first-order valence-corrected chi connectivity index (χ1v) is 19.4. The maximum Gasteiger partial charge on any atom is 0.180 e. The van der Waals surface area contributed by atoms with E-state index in [1.54, 1.807) is 0 Å². The lowest BCUT2D eigenvalue weighted by Crippen LogP contribution is -2.17. The largest absolute Gasteiger partial charge is 0.507 e. The Balaban J connectivity index is 1.37. The van der Waals surface area contributed by atoms with Crippen LogP contribution < -0.4 is 4.90 Å². The standard InChI is InChI=1S/C51H44N4O2/c1-50(2,3)36-30-40(47(56)41(31-36)51(4,5)6)46-48-45(39-22-12-13-24-43(39)57-48)53-49(54-46)35-27-34(32-17-8-7-9-18-32)28-37(29-35)55(44-25-14-15-26-52-44)42-23-16-20-33-19-10-11-21-38(33)42/h7-31,56H,1-6H3. The highest BCUT2D eigenvalue weighted by Gasteiger charge is 2.29. The summed E-state index contributed by atoms with van der Waals surface area (Å²) in [5, 5.41) is 15.3. The predicted octanol–water partition coefficient (Wildman–Crippen LogP) is 13.7. The van der Waals surface area contributed by atoms with Gasteiger partial charge in [0, 0.05) is 39.3 Å². The van der Waals surface area contributed by atoms with Gasteiger partial charge in [0.1, 0.15) is 28.4 Å². The van der Waals surface area contributed by atoms with Crippen LogP contribution in [0.4, 0.5) is 17.2 Å². The third kappa shape index (κ3) is 6.57. The van der Waals surface area contributed by atoms with E-state index < -0.39 is 0 Å². The zero-order valence-electron chi connectivity index (χ0n) is 33.1. The van der Waals surface area contributed by atoms with Crippen LogP contribution in [0.1, 0.15) is 52.7 Å². The Morgan fingerprint density at radius 3 is 2.05 bits per heavy atom. The van der Waals surface area contributed by atoms with Crippen molar-refractivity contribution < 1.29 is 9.52 Å². The molecule has 280 valence electrons. The van der Waals surface area contributed by atoms with E-state index in [-0.39, 0.29) is 16.6 Å². The summed E-state index contributed by atoms with van der Waals surface area (Å²) in [4.78, 5) is 17.8. The molecule has 0 spiro atoms. The molecule has 6 nitrogen and oxygen atoms in total. The zero-order chi connectivity index (χ0) is 39.5. The first-order chi connectivity index (χ1) is 27.4. The number of furan rings is 1. The van der Waals surface area contributed by atoms with E-state index in [9.17, 15) is 5.11 Å². The van der Waals surface area contributed by atoms with Crippen LogP contribution in [0, 0.1) is 0 Å². The van der Waals surface area contributed by atoms with Crippen LogP contribution in [0.15, 0.2) is 156 Å². The molecule has 0 saturated heterocycles. The van der Waals surface area contributed by atoms with Gasteiger partial charge in [-0.05, 0) is 87.5 Å². The van der Waals surface area contributed by atoms with Crippen LogP contribution in [0.2, 0.25) is 0 Å². The van der Waals surface area contributed by atoms with Crippen LogP contribution >= 0.6 is 0 Å². The fourth-order valence-corrected chi connectivity index (χ4v) is 7.67. The summed E-state index contributed by atoms with van der Waals surface area (Å²) in [6.45, 7) is 13.0. The molecule has 0 fully saturated rings. The number of para-hydroxylation sites is 1. The van der Waals surface area contributed by atoms with Crippen LogP contribution in [-0.4, -0.2) is 20.1 Å². The number of nitrogens with zero attached hydrogens (tertiary/aromatic N) is 4. The first-order valence-electron chi connectivity index (χ1n) is 19.4. The molecule has 0 aliphatic rings. The summed E-state index contributed by atoms with van der Waals surface area (Å²) in [5.74, 6) is 1.49. The zero-order valence-corrected chi connectivity index (χ0v) is 33.1. The number of fused-ring (bicyclic) bond motifs is 4. The van der Waals surface area contributed by atoms with E-state index in [1.165, 1.54) is 0 Å². The molecular weight excluding hydrogens is 701 g/mol. The Morgan fingerprint density at radius 2 is 1.30 bits per heavy atom.